The molecule has 2 N–H and O–H groups in total. The lowest BCUT2D eigenvalue weighted by atomic mass is 10.2. The summed E-state index contributed by atoms with van der Waals surface area (Å²) in [7, 11) is 0. The van der Waals surface area contributed by atoms with Crippen LogP contribution >= 0.6 is 0 Å². The molecule has 0 bridgehead atoms. The Hall–Kier alpha value is -0.970. The van der Waals surface area contributed by atoms with Crippen LogP contribution in [0.4, 0.5) is 0 Å². The highest BCUT2D eigenvalue weighted by Crippen LogP contribution is 2.27. The van der Waals surface area contributed by atoms with Crippen LogP contribution < -0.4 is 5.73 Å². The molecule has 18 heavy (non-hydrogen) atoms. The largest absolute Gasteiger partial charge is 0.325 e. The fourth-order valence-corrected chi connectivity index (χ4v) is 2.69. The lowest BCUT2D eigenvalue weighted by Crippen LogP contribution is -2.46. The third kappa shape index (κ3) is 2.88. The summed E-state index contributed by atoms with van der Waals surface area (Å²) >= 11 is 0. The number of nitrogens with two attached hydrogens (primary N) is 1. The molecule has 2 aliphatic rings. The first-order valence-corrected chi connectivity index (χ1v) is 6.96. The molecule has 98 valence electrons. The van der Waals surface area contributed by atoms with E-state index in [4.69, 9.17) is 5.73 Å². The zero-order valence-electron chi connectivity index (χ0n) is 10.9. The Morgan fingerprint density at radius 2 is 1.83 bits per heavy atom. The van der Waals surface area contributed by atoms with Crippen LogP contribution in [0.5, 0.6) is 0 Å². The number of piperazine rings is 1. The summed E-state index contributed by atoms with van der Waals surface area (Å²) in [6.45, 7) is 6.29. The number of rotatable bonds is 4. The van der Waals surface area contributed by atoms with Crippen LogP contribution in [0.2, 0.25) is 0 Å². The standard InChI is InChI=1S/C14H22N4/c15-10-12-2-1-3-13(16-12)11-17-6-8-18(9-7-17)14-4-5-14/h1-3,14H,4-11,15H2. The molecule has 0 aromatic carbocycles. The Bertz CT molecular complexity index is 395. The molecule has 2 heterocycles. The number of pyridine rings is 1. The van der Waals surface area contributed by atoms with Crippen LogP contribution in [-0.4, -0.2) is 47.0 Å². The van der Waals surface area contributed by atoms with Crippen molar-refractivity contribution in [1.29, 1.82) is 0 Å². The van der Waals surface area contributed by atoms with Crippen LogP contribution in [0, 0.1) is 0 Å². The molecule has 4 nitrogen and oxygen atoms in total. The molecule has 1 aliphatic heterocycles. The van der Waals surface area contributed by atoms with Crippen molar-refractivity contribution >= 4 is 0 Å². The van der Waals surface area contributed by atoms with Gasteiger partial charge in [0, 0.05) is 45.3 Å². The molecular weight excluding hydrogens is 224 g/mol. The average Bonchev–Trinajstić information content (AvgIpc) is 3.24. The van der Waals surface area contributed by atoms with E-state index in [0.29, 0.717) is 6.54 Å². The van der Waals surface area contributed by atoms with Gasteiger partial charge in [0.2, 0.25) is 0 Å². The van der Waals surface area contributed by atoms with Crippen LogP contribution in [0.15, 0.2) is 18.2 Å². The third-order valence-electron chi connectivity index (χ3n) is 3.93. The Balaban J connectivity index is 1.53. The van der Waals surface area contributed by atoms with Crippen LogP contribution in [0.3, 0.4) is 0 Å². The van der Waals surface area contributed by atoms with Crippen molar-refractivity contribution in [3.8, 4) is 0 Å². The fraction of sp³-hybridized carbons (Fsp3) is 0.643. The number of hydrogen-bond acceptors (Lipinski definition) is 4. The number of aromatic nitrogens is 1. The first-order valence-electron chi connectivity index (χ1n) is 6.96. The molecule has 0 atom stereocenters. The topological polar surface area (TPSA) is 45.4 Å². The number of nitrogens with zero attached hydrogens (tertiary/aromatic N) is 3. The quantitative estimate of drug-likeness (QED) is 0.854. The van der Waals surface area contributed by atoms with Gasteiger partial charge in [0.1, 0.15) is 0 Å². The van der Waals surface area contributed by atoms with E-state index in [1.807, 2.05) is 6.07 Å². The molecule has 0 spiro atoms. The first-order chi connectivity index (χ1) is 8.85. The molecule has 1 aliphatic carbocycles. The van der Waals surface area contributed by atoms with Gasteiger partial charge >= 0.3 is 0 Å². The van der Waals surface area contributed by atoms with E-state index in [1.54, 1.807) is 0 Å². The van der Waals surface area contributed by atoms with E-state index in [2.05, 4.69) is 26.9 Å². The van der Waals surface area contributed by atoms with Crippen molar-refractivity contribution in [3.05, 3.63) is 29.6 Å². The Morgan fingerprint density at radius 1 is 1.11 bits per heavy atom. The molecular formula is C14H22N4. The second-order valence-corrected chi connectivity index (χ2v) is 5.37. The smallest absolute Gasteiger partial charge is 0.0547 e. The summed E-state index contributed by atoms with van der Waals surface area (Å²) in [4.78, 5) is 9.71. The summed E-state index contributed by atoms with van der Waals surface area (Å²) < 4.78 is 0. The Labute approximate surface area is 109 Å². The molecule has 1 saturated heterocycles. The van der Waals surface area contributed by atoms with Gasteiger partial charge < -0.3 is 5.73 Å². The lowest BCUT2D eigenvalue weighted by molar-refractivity contribution is 0.120. The fourth-order valence-electron chi connectivity index (χ4n) is 2.69. The van der Waals surface area contributed by atoms with Gasteiger partial charge in [-0.3, -0.25) is 14.8 Å². The summed E-state index contributed by atoms with van der Waals surface area (Å²) in [5, 5.41) is 0. The van der Waals surface area contributed by atoms with Crippen molar-refractivity contribution < 1.29 is 0 Å². The maximum atomic E-state index is 5.63. The number of hydrogen-bond donors (Lipinski definition) is 1. The minimum absolute atomic E-state index is 0.531. The molecule has 1 aromatic rings. The molecule has 0 radical (unpaired) electrons. The predicted octanol–water partition coefficient (Wildman–Crippen LogP) is 0.820. The van der Waals surface area contributed by atoms with E-state index in [1.165, 1.54) is 39.0 Å². The van der Waals surface area contributed by atoms with Gasteiger partial charge in [-0.15, -0.1) is 0 Å². The SMILES string of the molecule is NCc1cccc(CN2CCN(C3CC3)CC2)n1. The molecule has 1 saturated carbocycles. The van der Waals surface area contributed by atoms with Gasteiger partial charge in [-0.2, -0.15) is 0 Å². The van der Waals surface area contributed by atoms with Crippen molar-refractivity contribution in [2.45, 2.75) is 32.0 Å². The van der Waals surface area contributed by atoms with Crippen LogP contribution in [0.25, 0.3) is 0 Å². The van der Waals surface area contributed by atoms with Crippen LogP contribution in [-0.2, 0) is 13.1 Å². The maximum absolute atomic E-state index is 5.63. The Morgan fingerprint density at radius 3 is 2.50 bits per heavy atom. The highest BCUT2D eigenvalue weighted by atomic mass is 15.3. The molecule has 4 heteroatoms. The Kier molecular flexibility index (Phi) is 3.59. The normalized spacial score (nSPS) is 22.3. The van der Waals surface area contributed by atoms with Crippen molar-refractivity contribution in [2.75, 3.05) is 26.2 Å². The third-order valence-corrected chi connectivity index (χ3v) is 3.93. The van der Waals surface area contributed by atoms with Gasteiger partial charge in [0.25, 0.3) is 0 Å². The average molecular weight is 246 g/mol. The van der Waals surface area contributed by atoms with E-state index >= 15 is 0 Å². The molecule has 3 rings (SSSR count). The van der Waals surface area contributed by atoms with Crippen molar-refractivity contribution in [2.24, 2.45) is 5.73 Å². The van der Waals surface area contributed by atoms with Gasteiger partial charge in [-0.25, -0.2) is 0 Å². The van der Waals surface area contributed by atoms with E-state index in [-0.39, 0.29) is 0 Å². The maximum Gasteiger partial charge on any atom is 0.0547 e. The zero-order chi connectivity index (χ0) is 12.4. The summed E-state index contributed by atoms with van der Waals surface area (Å²) in [6.07, 6.45) is 2.83. The van der Waals surface area contributed by atoms with E-state index in [9.17, 15) is 0 Å². The van der Waals surface area contributed by atoms with Crippen molar-refractivity contribution in [3.63, 3.8) is 0 Å². The summed E-state index contributed by atoms with van der Waals surface area (Å²) in [6, 6.07) is 7.07. The minimum atomic E-state index is 0.531. The predicted molar refractivity (Wildman–Crippen MR) is 72.0 cm³/mol. The minimum Gasteiger partial charge on any atom is -0.325 e. The summed E-state index contributed by atoms with van der Waals surface area (Å²) in [5.41, 5.74) is 7.77. The molecule has 0 unspecified atom stereocenters. The zero-order valence-corrected chi connectivity index (χ0v) is 10.9. The van der Waals surface area contributed by atoms with Crippen molar-refractivity contribution in [1.82, 2.24) is 14.8 Å². The summed E-state index contributed by atoms with van der Waals surface area (Å²) in [5.74, 6) is 0. The second-order valence-electron chi connectivity index (χ2n) is 5.37. The first kappa shape index (κ1) is 12.1. The highest BCUT2D eigenvalue weighted by molar-refractivity contribution is 5.11. The van der Waals surface area contributed by atoms with Gasteiger partial charge in [-0.05, 0) is 25.0 Å². The second kappa shape index (κ2) is 5.34. The van der Waals surface area contributed by atoms with E-state index in [0.717, 1.165) is 24.0 Å². The van der Waals surface area contributed by atoms with E-state index < -0.39 is 0 Å². The van der Waals surface area contributed by atoms with Gasteiger partial charge in [0.05, 0.1) is 11.4 Å². The molecule has 1 aromatic heterocycles. The van der Waals surface area contributed by atoms with Gasteiger partial charge in [0.15, 0.2) is 0 Å². The monoisotopic (exact) mass is 246 g/mol. The van der Waals surface area contributed by atoms with Gasteiger partial charge in [-0.1, -0.05) is 6.07 Å². The lowest BCUT2D eigenvalue weighted by Gasteiger charge is -2.34. The highest BCUT2D eigenvalue weighted by Gasteiger charge is 2.31. The van der Waals surface area contributed by atoms with Crippen LogP contribution in [0.1, 0.15) is 24.2 Å². The molecule has 2 fully saturated rings. The molecule has 0 amide bonds.